The summed E-state index contributed by atoms with van der Waals surface area (Å²) in [4.78, 5) is 30.9. The number of fused-ring (bicyclic) bond motifs is 1. The summed E-state index contributed by atoms with van der Waals surface area (Å²) < 4.78 is 11.7. The number of ether oxygens (including phenoxy) is 2. The lowest BCUT2D eigenvalue weighted by molar-refractivity contribution is -0.570. The monoisotopic (exact) mass is 328 g/mol. The van der Waals surface area contributed by atoms with E-state index in [9.17, 15) is 9.59 Å². The average molecular weight is 328 g/mol. The van der Waals surface area contributed by atoms with Crippen LogP contribution >= 0.6 is 0 Å². The molecule has 1 unspecified atom stereocenters. The van der Waals surface area contributed by atoms with Crippen molar-refractivity contribution in [2.75, 3.05) is 18.6 Å². The molecule has 0 spiro atoms. The van der Waals surface area contributed by atoms with E-state index in [0.29, 0.717) is 22.8 Å². The number of aryl methyl sites for hydroxylation is 1. The Kier molecular flexibility index (Phi) is 4.16. The quantitative estimate of drug-likeness (QED) is 0.632. The fraction of sp³-hybridized carbons (Fsp3) is 0.294. The van der Waals surface area contributed by atoms with E-state index in [1.54, 1.807) is 57.6 Å². The Labute approximate surface area is 139 Å². The van der Waals surface area contributed by atoms with Gasteiger partial charge in [0.1, 0.15) is 17.6 Å². The van der Waals surface area contributed by atoms with Crippen molar-refractivity contribution in [1.29, 1.82) is 0 Å². The number of nitrogens with zero attached hydrogens (tertiary/aromatic N) is 3. The maximum atomic E-state index is 12.8. The van der Waals surface area contributed by atoms with Gasteiger partial charge in [-0.1, -0.05) is 0 Å². The van der Waals surface area contributed by atoms with Crippen molar-refractivity contribution in [1.82, 2.24) is 4.98 Å². The molecule has 0 saturated carbocycles. The van der Waals surface area contributed by atoms with Gasteiger partial charge in [0.15, 0.2) is 5.69 Å². The van der Waals surface area contributed by atoms with Gasteiger partial charge < -0.3 is 9.47 Å². The molecule has 1 atom stereocenters. The fourth-order valence-electron chi connectivity index (χ4n) is 2.70. The van der Waals surface area contributed by atoms with Crippen molar-refractivity contribution in [3.8, 4) is 5.75 Å². The Bertz CT molecular complexity index is 789. The summed E-state index contributed by atoms with van der Waals surface area (Å²) in [6.07, 6.45) is 3.16. The summed E-state index contributed by atoms with van der Waals surface area (Å²) in [5.74, 6) is 0.180. The van der Waals surface area contributed by atoms with Gasteiger partial charge >= 0.3 is 12.0 Å². The summed E-state index contributed by atoms with van der Waals surface area (Å²) in [6, 6.07) is 5.76. The van der Waals surface area contributed by atoms with Crippen LogP contribution in [0.25, 0.3) is 0 Å². The standard InChI is InChI=1S/C17H18N3O4/c1-4-24-16(21)15-14-9-18-11(2)10-19(14)17(22)20(15)12-5-7-13(23-3)8-6-12/h5-10,15H,4H2,1-3H3/q+1. The van der Waals surface area contributed by atoms with Gasteiger partial charge in [0.05, 0.1) is 25.6 Å². The van der Waals surface area contributed by atoms with E-state index in [1.807, 2.05) is 0 Å². The first kappa shape index (κ1) is 15.9. The lowest BCUT2D eigenvalue weighted by Crippen LogP contribution is -2.46. The molecule has 7 nitrogen and oxygen atoms in total. The van der Waals surface area contributed by atoms with Gasteiger partial charge in [-0.3, -0.25) is 4.98 Å². The van der Waals surface area contributed by atoms with E-state index in [-0.39, 0.29) is 12.6 Å². The summed E-state index contributed by atoms with van der Waals surface area (Å²) in [5.41, 5.74) is 1.76. The smallest absolute Gasteiger partial charge is 0.497 e. The third-order valence-corrected chi connectivity index (χ3v) is 3.81. The van der Waals surface area contributed by atoms with E-state index in [2.05, 4.69) is 4.98 Å². The molecule has 2 heterocycles. The molecule has 0 saturated heterocycles. The Morgan fingerprint density at radius 3 is 2.67 bits per heavy atom. The molecule has 0 aliphatic carbocycles. The molecule has 1 aliphatic rings. The van der Waals surface area contributed by atoms with Crippen molar-refractivity contribution in [3.05, 3.63) is 48.0 Å². The lowest BCUT2D eigenvalue weighted by atomic mass is 10.2. The van der Waals surface area contributed by atoms with Crippen molar-refractivity contribution in [2.45, 2.75) is 19.9 Å². The summed E-state index contributed by atoms with van der Waals surface area (Å²) in [7, 11) is 1.57. The topological polar surface area (TPSA) is 72.6 Å². The lowest BCUT2D eigenvalue weighted by Gasteiger charge is -2.15. The van der Waals surface area contributed by atoms with Gasteiger partial charge in [-0.05, 0) is 38.1 Å². The first-order valence-corrected chi connectivity index (χ1v) is 7.59. The molecule has 3 rings (SSSR count). The van der Waals surface area contributed by atoms with Crippen LogP contribution < -0.4 is 14.2 Å². The molecule has 1 aliphatic heterocycles. The second-order valence-corrected chi connectivity index (χ2v) is 5.33. The number of benzene rings is 1. The number of esters is 1. The van der Waals surface area contributed by atoms with Gasteiger partial charge in [-0.25, -0.2) is 4.79 Å². The van der Waals surface area contributed by atoms with Gasteiger partial charge in [0.25, 0.3) is 6.04 Å². The van der Waals surface area contributed by atoms with Crippen molar-refractivity contribution in [3.63, 3.8) is 0 Å². The molecule has 24 heavy (non-hydrogen) atoms. The minimum atomic E-state index is -0.862. The van der Waals surface area contributed by atoms with Crippen LogP contribution in [-0.2, 0) is 9.53 Å². The number of methoxy groups -OCH3 is 1. The van der Waals surface area contributed by atoms with Crippen LogP contribution in [0.1, 0.15) is 24.4 Å². The van der Waals surface area contributed by atoms with Crippen molar-refractivity contribution in [2.24, 2.45) is 0 Å². The van der Waals surface area contributed by atoms with Crippen molar-refractivity contribution < 1.29 is 23.6 Å². The number of rotatable bonds is 4. The number of aromatic nitrogens is 2. The summed E-state index contributed by atoms with van der Waals surface area (Å²) in [6.45, 7) is 3.75. The molecule has 0 N–H and O–H groups in total. The normalized spacial score (nSPS) is 16.0. The highest BCUT2D eigenvalue weighted by atomic mass is 16.5. The zero-order chi connectivity index (χ0) is 17.3. The largest absolute Gasteiger partial charge is 0.504 e. The minimum Gasteiger partial charge on any atom is -0.497 e. The molecule has 7 heteroatoms. The third kappa shape index (κ3) is 2.58. The SMILES string of the molecule is CCOC(=O)C1c2cnc(C)c[n+]2C(=O)N1c1ccc(OC)cc1. The maximum absolute atomic E-state index is 12.8. The van der Waals surface area contributed by atoms with Gasteiger partial charge in [-0.15, -0.1) is 0 Å². The van der Waals surface area contributed by atoms with Gasteiger partial charge in [0.2, 0.25) is 0 Å². The Morgan fingerprint density at radius 2 is 2.04 bits per heavy atom. The minimum absolute atomic E-state index is 0.235. The zero-order valence-electron chi connectivity index (χ0n) is 13.7. The molecule has 0 fully saturated rings. The Morgan fingerprint density at radius 1 is 1.33 bits per heavy atom. The number of hydrogen-bond acceptors (Lipinski definition) is 5. The highest BCUT2D eigenvalue weighted by Crippen LogP contribution is 2.31. The van der Waals surface area contributed by atoms with Crippen LogP contribution in [0.5, 0.6) is 5.75 Å². The van der Waals surface area contributed by atoms with Crippen LogP contribution in [0.15, 0.2) is 36.7 Å². The molecule has 2 aromatic rings. The average Bonchev–Trinajstić information content (AvgIpc) is 2.88. The highest BCUT2D eigenvalue weighted by Gasteiger charge is 2.52. The number of anilines is 1. The predicted octanol–water partition coefficient (Wildman–Crippen LogP) is 1.78. The number of carbonyl (C=O) groups excluding carboxylic acids is 2. The molecule has 1 amide bonds. The Balaban J connectivity index is 2.08. The van der Waals surface area contributed by atoms with Crippen LogP contribution in [-0.4, -0.2) is 30.7 Å². The van der Waals surface area contributed by atoms with Gasteiger partial charge in [0, 0.05) is 0 Å². The summed E-state index contributed by atoms with van der Waals surface area (Å²) in [5, 5.41) is 0. The molecule has 0 bridgehead atoms. The van der Waals surface area contributed by atoms with Crippen LogP contribution in [0.3, 0.4) is 0 Å². The second kappa shape index (κ2) is 6.27. The van der Waals surface area contributed by atoms with Crippen LogP contribution in [0, 0.1) is 6.92 Å². The maximum Gasteiger partial charge on any atom is 0.504 e. The van der Waals surface area contributed by atoms with E-state index in [4.69, 9.17) is 9.47 Å². The molecule has 1 aromatic heterocycles. The third-order valence-electron chi connectivity index (χ3n) is 3.81. The fourth-order valence-corrected chi connectivity index (χ4v) is 2.70. The van der Waals surface area contributed by atoms with Crippen molar-refractivity contribution >= 4 is 17.7 Å². The number of amides is 1. The predicted molar refractivity (Wildman–Crippen MR) is 84.8 cm³/mol. The van der Waals surface area contributed by atoms with Gasteiger partial charge in [-0.2, -0.15) is 14.3 Å². The molecular formula is C17H18N3O4+. The van der Waals surface area contributed by atoms with Crippen LogP contribution in [0.2, 0.25) is 0 Å². The molecular weight excluding hydrogens is 310 g/mol. The summed E-state index contributed by atoms with van der Waals surface area (Å²) >= 11 is 0. The molecule has 1 aromatic carbocycles. The van der Waals surface area contributed by atoms with E-state index in [1.165, 1.54) is 9.47 Å². The van der Waals surface area contributed by atoms with E-state index >= 15 is 0 Å². The molecule has 124 valence electrons. The first-order chi connectivity index (χ1) is 11.6. The highest BCUT2D eigenvalue weighted by molar-refractivity contribution is 5.97. The zero-order valence-corrected chi connectivity index (χ0v) is 13.7. The van der Waals surface area contributed by atoms with E-state index < -0.39 is 12.0 Å². The second-order valence-electron chi connectivity index (χ2n) is 5.33. The Hall–Kier alpha value is -2.96. The van der Waals surface area contributed by atoms with Crippen LogP contribution in [0.4, 0.5) is 10.5 Å². The number of carbonyl (C=O) groups is 2. The molecule has 0 radical (unpaired) electrons. The number of hydrogen-bond donors (Lipinski definition) is 0. The van der Waals surface area contributed by atoms with E-state index in [0.717, 1.165) is 0 Å². The first-order valence-electron chi connectivity index (χ1n) is 7.59.